The predicted octanol–water partition coefficient (Wildman–Crippen LogP) is 4.52. The highest BCUT2D eigenvalue weighted by Gasteiger charge is 2.56. The number of halogens is 7. The van der Waals surface area contributed by atoms with E-state index in [1.807, 2.05) is 0 Å². The van der Waals surface area contributed by atoms with Gasteiger partial charge >= 0.3 is 6.18 Å². The SMILES string of the molecule is CC1(Cn2nc(C3CC3C(F)F)c(C(F)(F)F)c2C(=O)N=c2ccn(O)c(S(C)(=N)=O)c2)CC(F)(F)C1. The van der Waals surface area contributed by atoms with Gasteiger partial charge in [-0.3, -0.25) is 9.48 Å². The summed E-state index contributed by atoms with van der Waals surface area (Å²) in [6.07, 6.45) is -7.91. The maximum atomic E-state index is 14.2. The average molecular weight is 557 g/mol. The van der Waals surface area contributed by atoms with Crippen LogP contribution < -0.4 is 5.36 Å². The molecule has 37 heavy (non-hydrogen) atoms. The number of alkyl halides is 7. The molecule has 2 aliphatic rings. The molecule has 0 aliphatic heterocycles. The molecule has 1 amide bonds. The molecule has 2 N–H and O–H groups in total. The second kappa shape index (κ2) is 8.56. The second-order valence-electron chi connectivity index (χ2n) is 9.95. The van der Waals surface area contributed by atoms with Crippen LogP contribution in [0.4, 0.5) is 30.7 Å². The summed E-state index contributed by atoms with van der Waals surface area (Å²) in [7, 11) is -3.54. The number of carbonyl (C=O) groups is 1. The Morgan fingerprint density at radius 2 is 1.97 bits per heavy atom. The van der Waals surface area contributed by atoms with Gasteiger partial charge in [-0.2, -0.15) is 23.0 Å². The highest BCUT2D eigenvalue weighted by Crippen LogP contribution is 2.55. The normalized spacial score (nSPS) is 24.5. The Morgan fingerprint density at radius 1 is 1.35 bits per heavy atom. The highest BCUT2D eigenvalue weighted by molar-refractivity contribution is 7.91. The van der Waals surface area contributed by atoms with Gasteiger partial charge in [0.2, 0.25) is 12.3 Å². The summed E-state index contributed by atoms with van der Waals surface area (Å²) in [5, 5.41) is 12.8. The maximum Gasteiger partial charge on any atom is 0.420 e. The second-order valence-corrected chi connectivity index (χ2v) is 12.1. The van der Waals surface area contributed by atoms with Gasteiger partial charge in [-0.05, 0) is 17.9 Å². The van der Waals surface area contributed by atoms with Crippen LogP contribution in [0.15, 0.2) is 28.3 Å². The largest absolute Gasteiger partial charge is 0.428 e. The summed E-state index contributed by atoms with van der Waals surface area (Å²) < 4.78 is 117. The molecular formula is C21H22F7N5O3S. The minimum absolute atomic E-state index is 0.287. The van der Waals surface area contributed by atoms with Crippen LogP contribution in [-0.4, -0.2) is 48.4 Å². The summed E-state index contributed by atoms with van der Waals surface area (Å²) >= 11 is 0. The monoisotopic (exact) mass is 557 g/mol. The molecule has 2 heterocycles. The molecule has 0 saturated heterocycles. The molecule has 4 rings (SSSR count). The molecule has 204 valence electrons. The molecule has 2 aliphatic carbocycles. The Bertz CT molecular complexity index is 1420. The number of nitrogens with zero attached hydrogens (tertiary/aromatic N) is 4. The Balaban J connectivity index is 1.87. The van der Waals surface area contributed by atoms with Crippen molar-refractivity contribution in [1.29, 1.82) is 4.78 Å². The summed E-state index contributed by atoms with van der Waals surface area (Å²) in [6.45, 7) is 0.875. The van der Waals surface area contributed by atoms with Crippen LogP contribution >= 0.6 is 0 Å². The zero-order valence-corrected chi connectivity index (χ0v) is 20.2. The Labute approximate surface area is 205 Å². The number of nitrogens with one attached hydrogen (secondary N) is 1. The van der Waals surface area contributed by atoms with Crippen molar-refractivity contribution < 1.29 is 44.9 Å². The van der Waals surface area contributed by atoms with Gasteiger partial charge in [0, 0.05) is 49.7 Å². The first-order chi connectivity index (χ1) is 16.8. The minimum atomic E-state index is -5.21. The maximum absolute atomic E-state index is 14.2. The standard InChI is InChI=1S/C21H22F7N5O3S/c1-19(7-20(24,25)8-19)9-32-16(14(21(26,27)28)15(31-32)11-6-12(11)17(22)23)18(34)30-10-3-4-33(35)13(5-10)37(2,29)36/h3-5,11-12,17,29,35H,6-9H2,1-2H3. The van der Waals surface area contributed by atoms with Gasteiger partial charge < -0.3 is 5.21 Å². The molecule has 2 fully saturated rings. The summed E-state index contributed by atoms with van der Waals surface area (Å²) in [6, 6.07) is 1.87. The Hall–Kier alpha value is -2.91. The highest BCUT2D eigenvalue weighted by atomic mass is 32.2. The van der Waals surface area contributed by atoms with E-state index in [0.29, 0.717) is 9.41 Å². The first kappa shape index (κ1) is 27.1. The van der Waals surface area contributed by atoms with Crippen LogP contribution in [-0.2, 0) is 22.5 Å². The molecule has 16 heteroatoms. The molecule has 3 unspecified atom stereocenters. The van der Waals surface area contributed by atoms with Crippen LogP contribution in [0.5, 0.6) is 0 Å². The van der Waals surface area contributed by atoms with Gasteiger partial charge in [-0.1, -0.05) is 6.92 Å². The van der Waals surface area contributed by atoms with E-state index in [1.54, 1.807) is 0 Å². The molecule has 2 aromatic rings. The first-order valence-corrected chi connectivity index (χ1v) is 12.9. The van der Waals surface area contributed by atoms with Crippen LogP contribution in [0.25, 0.3) is 0 Å². The van der Waals surface area contributed by atoms with Crippen molar-refractivity contribution in [2.45, 2.75) is 62.2 Å². The third kappa shape index (κ3) is 5.38. The van der Waals surface area contributed by atoms with Crippen LogP contribution in [0.3, 0.4) is 0 Å². The fraction of sp³-hybridized carbons (Fsp3) is 0.571. The molecule has 2 aromatic heterocycles. The molecule has 3 atom stereocenters. The zero-order chi connectivity index (χ0) is 27.7. The number of aromatic nitrogens is 3. The number of carbonyl (C=O) groups excluding carboxylic acids is 1. The van der Waals surface area contributed by atoms with E-state index in [-0.39, 0.29) is 11.8 Å². The predicted molar refractivity (Wildman–Crippen MR) is 113 cm³/mol. The number of hydrogen-bond acceptors (Lipinski definition) is 5. The number of amides is 1. The van der Waals surface area contributed by atoms with Crippen molar-refractivity contribution in [2.24, 2.45) is 16.3 Å². The van der Waals surface area contributed by atoms with E-state index >= 15 is 0 Å². The Morgan fingerprint density at radius 3 is 2.46 bits per heavy atom. The van der Waals surface area contributed by atoms with Crippen molar-refractivity contribution in [2.75, 3.05) is 6.26 Å². The van der Waals surface area contributed by atoms with Crippen molar-refractivity contribution in [3.8, 4) is 0 Å². The van der Waals surface area contributed by atoms with Gasteiger partial charge in [0.1, 0.15) is 11.3 Å². The molecule has 0 spiro atoms. The van der Waals surface area contributed by atoms with E-state index in [4.69, 9.17) is 4.78 Å². The van der Waals surface area contributed by atoms with Gasteiger partial charge in [0.05, 0.1) is 20.8 Å². The molecular weight excluding hydrogens is 535 g/mol. The summed E-state index contributed by atoms with van der Waals surface area (Å²) in [4.78, 5) is 16.7. The van der Waals surface area contributed by atoms with E-state index < -0.39 is 92.8 Å². The molecule has 0 radical (unpaired) electrons. The lowest BCUT2D eigenvalue weighted by Gasteiger charge is -2.44. The van der Waals surface area contributed by atoms with Gasteiger partial charge in [-0.15, -0.1) is 0 Å². The molecule has 8 nitrogen and oxygen atoms in total. The molecule has 0 aromatic carbocycles. The first-order valence-electron chi connectivity index (χ1n) is 10.9. The topological polar surface area (TPSA) is 113 Å². The number of rotatable bonds is 6. The fourth-order valence-electron chi connectivity index (χ4n) is 4.82. The van der Waals surface area contributed by atoms with E-state index in [0.717, 1.165) is 24.6 Å². The average Bonchev–Trinajstić information content (AvgIpc) is 3.41. The van der Waals surface area contributed by atoms with Gasteiger partial charge in [0.15, 0.2) is 5.03 Å². The molecule has 2 saturated carbocycles. The lowest BCUT2D eigenvalue weighted by Crippen LogP contribution is -2.47. The van der Waals surface area contributed by atoms with Crippen molar-refractivity contribution in [3.63, 3.8) is 0 Å². The smallest absolute Gasteiger partial charge is 0.420 e. The Kier molecular flexibility index (Phi) is 6.28. The quantitative estimate of drug-likeness (QED) is 0.402. The third-order valence-corrected chi connectivity index (χ3v) is 7.50. The third-order valence-electron chi connectivity index (χ3n) is 6.40. The van der Waals surface area contributed by atoms with Gasteiger partial charge in [0.25, 0.3) is 5.91 Å². The minimum Gasteiger partial charge on any atom is -0.428 e. The number of pyridine rings is 1. The molecule has 0 bridgehead atoms. The summed E-state index contributed by atoms with van der Waals surface area (Å²) in [5.74, 6) is -7.19. The van der Waals surface area contributed by atoms with Crippen LogP contribution in [0, 0.1) is 16.1 Å². The van der Waals surface area contributed by atoms with Crippen molar-refractivity contribution >= 4 is 15.6 Å². The van der Waals surface area contributed by atoms with Gasteiger partial charge in [-0.25, -0.2) is 31.5 Å². The summed E-state index contributed by atoms with van der Waals surface area (Å²) in [5.41, 5.74) is -4.63. The van der Waals surface area contributed by atoms with Crippen LogP contribution in [0.1, 0.15) is 53.8 Å². The van der Waals surface area contributed by atoms with Crippen molar-refractivity contribution in [1.82, 2.24) is 14.5 Å². The zero-order valence-electron chi connectivity index (χ0n) is 19.4. The fourth-order valence-corrected chi connectivity index (χ4v) is 5.58. The lowest BCUT2D eigenvalue weighted by molar-refractivity contribution is -0.160. The van der Waals surface area contributed by atoms with Crippen LogP contribution in [0.2, 0.25) is 0 Å². The number of hydrogen-bond donors (Lipinski definition) is 2. The van der Waals surface area contributed by atoms with E-state index in [1.165, 1.54) is 6.92 Å². The van der Waals surface area contributed by atoms with E-state index in [9.17, 15) is 44.9 Å². The van der Waals surface area contributed by atoms with E-state index in [2.05, 4.69) is 10.1 Å². The van der Waals surface area contributed by atoms with Crippen molar-refractivity contribution in [3.05, 3.63) is 40.6 Å². The lowest BCUT2D eigenvalue weighted by atomic mass is 9.67.